The second-order valence-corrected chi connectivity index (χ2v) is 5.80. The Labute approximate surface area is 129 Å². The van der Waals surface area contributed by atoms with E-state index in [9.17, 15) is 4.79 Å². The third-order valence-electron chi connectivity index (χ3n) is 3.75. The number of hydrogen-bond acceptors (Lipinski definition) is 2. The quantitative estimate of drug-likeness (QED) is 0.636. The summed E-state index contributed by atoms with van der Waals surface area (Å²) in [7, 11) is 1.67. The van der Waals surface area contributed by atoms with Crippen molar-refractivity contribution in [2.45, 2.75) is 64.8 Å². The molecule has 0 aromatic heterocycles. The van der Waals surface area contributed by atoms with E-state index < -0.39 is 0 Å². The van der Waals surface area contributed by atoms with Crippen LogP contribution in [0.2, 0.25) is 0 Å². The molecule has 0 radical (unpaired) electrons. The number of nitrogens with one attached hydrogen (secondary N) is 2. The Bertz CT molecular complexity index is 400. The van der Waals surface area contributed by atoms with Crippen LogP contribution in [0, 0.1) is 0 Å². The summed E-state index contributed by atoms with van der Waals surface area (Å²) < 4.78 is 0. The lowest BCUT2D eigenvalue weighted by Gasteiger charge is -2.15. The van der Waals surface area contributed by atoms with Gasteiger partial charge in [0.1, 0.15) is 0 Å². The summed E-state index contributed by atoms with van der Waals surface area (Å²) in [6.07, 6.45) is 8.31. The van der Waals surface area contributed by atoms with Gasteiger partial charge >= 0.3 is 0 Å². The number of unbranched alkanes of at least 4 members (excludes halogenated alkanes) is 4. The average molecular weight is 290 g/mol. The third kappa shape index (κ3) is 7.74. The van der Waals surface area contributed by atoms with Gasteiger partial charge in [0, 0.05) is 18.8 Å². The van der Waals surface area contributed by atoms with Gasteiger partial charge in [0.2, 0.25) is 5.91 Å². The van der Waals surface area contributed by atoms with Crippen LogP contribution < -0.4 is 10.6 Å². The van der Waals surface area contributed by atoms with Gasteiger partial charge in [0.15, 0.2) is 0 Å². The Hall–Kier alpha value is -1.51. The molecular weight excluding hydrogens is 260 g/mol. The molecule has 0 aliphatic carbocycles. The molecule has 1 atom stereocenters. The Morgan fingerprint density at radius 2 is 1.76 bits per heavy atom. The molecule has 3 heteroatoms. The van der Waals surface area contributed by atoms with E-state index in [2.05, 4.69) is 36.6 Å². The first-order valence-corrected chi connectivity index (χ1v) is 8.21. The first-order valence-electron chi connectivity index (χ1n) is 8.21. The maximum atomic E-state index is 11.3. The number of rotatable bonds is 10. The monoisotopic (exact) mass is 290 g/mol. The predicted molar refractivity (Wildman–Crippen MR) is 90.7 cm³/mol. The van der Waals surface area contributed by atoms with Gasteiger partial charge in [-0.3, -0.25) is 4.79 Å². The summed E-state index contributed by atoms with van der Waals surface area (Å²) in [5.74, 6) is 0.0520. The number of hydrogen-bond donors (Lipinski definition) is 2. The molecule has 118 valence electrons. The molecule has 1 amide bonds. The first kappa shape index (κ1) is 17.5. The molecule has 0 aliphatic heterocycles. The molecule has 1 unspecified atom stereocenters. The van der Waals surface area contributed by atoms with Crippen molar-refractivity contribution < 1.29 is 4.79 Å². The topological polar surface area (TPSA) is 41.1 Å². The van der Waals surface area contributed by atoms with Crippen molar-refractivity contribution in [1.82, 2.24) is 5.32 Å². The van der Waals surface area contributed by atoms with E-state index in [0.29, 0.717) is 12.5 Å². The van der Waals surface area contributed by atoms with Crippen LogP contribution in [0.1, 0.15) is 57.9 Å². The van der Waals surface area contributed by atoms with Gasteiger partial charge in [0.05, 0.1) is 6.42 Å². The highest BCUT2D eigenvalue weighted by Crippen LogP contribution is 2.14. The van der Waals surface area contributed by atoms with Crippen LogP contribution in [0.3, 0.4) is 0 Å². The maximum Gasteiger partial charge on any atom is 0.224 e. The van der Waals surface area contributed by atoms with Crippen LogP contribution in [-0.4, -0.2) is 19.0 Å². The summed E-state index contributed by atoms with van der Waals surface area (Å²) in [6.45, 7) is 4.48. The smallest absolute Gasteiger partial charge is 0.224 e. The fraction of sp³-hybridized carbons (Fsp3) is 0.611. The van der Waals surface area contributed by atoms with E-state index in [1.165, 1.54) is 38.5 Å². The normalized spacial score (nSPS) is 12.0. The molecule has 0 spiro atoms. The van der Waals surface area contributed by atoms with Crippen LogP contribution in [0.15, 0.2) is 24.3 Å². The minimum Gasteiger partial charge on any atom is -0.383 e. The van der Waals surface area contributed by atoms with Crippen LogP contribution in [0.4, 0.5) is 5.69 Å². The molecule has 0 saturated carbocycles. The number of carbonyl (C=O) groups excluding carboxylic acids is 1. The highest BCUT2D eigenvalue weighted by atomic mass is 16.1. The fourth-order valence-electron chi connectivity index (χ4n) is 2.40. The van der Waals surface area contributed by atoms with Gasteiger partial charge in [-0.15, -0.1) is 0 Å². The zero-order valence-electron chi connectivity index (χ0n) is 13.7. The van der Waals surface area contributed by atoms with Crippen LogP contribution in [-0.2, 0) is 11.2 Å². The fourth-order valence-corrected chi connectivity index (χ4v) is 2.40. The van der Waals surface area contributed by atoms with Crippen molar-refractivity contribution in [3.05, 3.63) is 29.8 Å². The first-order chi connectivity index (χ1) is 10.2. The van der Waals surface area contributed by atoms with E-state index in [0.717, 1.165) is 11.3 Å². The van der Waals surface area contributed by atoms with Crippen molar-refractivity contribution in [1.29, 1.82) is 0 Å². The van der Waals surface area contributed by atoms with E-state index in [1.54, 1.807) is 7.05 Å². The number of carbonyl (C=O) groups is 1. The van der Waals surface area contributed by atoms with Crippen LogP contribution in [0.25, 0.3) is 0 Å². The summed E-state index contributed by atoms with van der Waals surface area (Å²) in [4.78, 5) is 11.3. The molecule has 3 nitrogen and oxygen atoms in total. The third-order valence-corrected chi connectivity index (χ3v) is 3.75. The van der Waals surface area contributed by atoms with Gasteiger partial charge in [-0.2, -0.15) is 0 Å². The van der Waals surface area contributed by atoms with E-state index >= 15 is 0 Å². The van der Waals surface area contributed by atoms with Gasteiger partial charge < -0.3 is 10.6 Å². The molecule has 1 aromatic rings. The minimum absolute atomic E-state index is 0.0520. The molecular formula is C18H30N2O. The number of amides is 1. The summed E-state index contributed by atoms with van der Waals surface area (Å²) in [6, 6.07) is 8.66. The van der Waals surface area contributed by atoms with Gasteiger partial charge in [-0.05, 0) is 31.0 Å². The maximum absolute atomic E-state index is 11.3. The van der Waals surface area contributed by atoms with E-state index in [4.69, 9.17) is 0 Å². The van der Waals surface area contributed by atoms with Crippen LogP contribution >= 0.6 is 0 Å². The summed E-state index contributed by atoms with van der Waals surface area (Å²) in [5.41, 5.74) is 2.18. The van der Waals surface area contributed by atoms with Crippen molar-refractivity contribution >= 4 is 11.6 Å². The Morgan fingerprint density at radius 1 is 1.10 bits per heavy atom. The van der Waals surface area contributed by atoms with Gasteiger partial charge in [0.25, 0.3) is 0 Å². The number of benzene rings is 1. The average Bonchev–Trinajstić information content (AvgIpc) is 2.49. The molecule has 21 heavy (non-hydrogen) atoms. The lowest BCUT2D eigenvalue weighted by atomic mass is 10.1. The lowest BCUT2D eigenvalue weighted by Crippen LogP contribution is -2.20. The zero-order chi connectivity index (χ0) is 15.5. The highest BCUT2D eigenvalue weighted by Gasteiger charge is 2.04. The van der Waals surface area contributed by atoms with Crippen molar-refractivity contribution in [2.75, 3.05) is 12.4 Å². The summed E-state index contributed by atoms with van der Waals surface area (Å²) >= 11 is 0. The Balaban J connectivity index is 2.29. The number of anilines is 1. The minimum atomic E-state index is 0.0520. The largest absolute Gasteiger partial charge is 0.383 e. The van der Waals surface area contributed by atoms with Crippen molar-refractivity contribution in [2.24, 2.45) is 0 Å². The van der Waals surface area contributed by atoms with Gasteiger partial charge in [-0.1, -0.05) is 51.2 Å². The summed E-state index contributed by atoms with van der Waals surface area (Å²) in [5, 5.41) is 6.17. The molecule has 2 N–H and O–H groups in total. The van der Waals surface area contributed by atoms with E-state index in [-0.39, 0.29) is 5.91 Å². The van der Waals surface area contributed by atoms with Crippen LogP contribution in [0.5, 0.6) is 0 Å². The molecule has 1 rings (SSSR count). The Morgan fingerprint density at radius 3 is 2.38 bits per heavy atom. The molecule has 1 aromatic carbocycles. The SMILES string of the molecule is CCCCCCCC(C)Nc1ccc(CC(=O)NC)cc1. The predicted octanol–water partition coefficient (Wildman–Crippen LogP) is 4.14. The van der Waals surface area contributed by atoms with E-state index in [1.807, 2.05) is 12.1 Å². The number of likely N-dealkylation sites (N-methyl/N-ethyl adjacent to an activating group) is 1. The van der Waals surface area contributed by atoms with Gasteiger partial charge in [-0.25, -0.2) is 0 Å². The van der Waals surface area contributed by atoms with Crippen molar-refractivity contribution in [3.63, 3.8) is 0 Å². The second kappa shape index (κ2) is 10.3. The molecule has 0 saturated heterocycles. The molecule has 0 fully saturated rings. The molecule has 0 heterocycles. The van der Waals surface area contributed by atoms with Crippen molar-refractivity contribution in [3.8, 4) is 0 Å². The standard InChI is InChI=1S/C18H30N2O/c1-4-5-6-7-8-9-15(2)20-17-12-10-16(11-13-17)14-18(21)19-3/h10-13,15,20H,4-9,14H2,1-3H3,(H,19,21). The zero-order valence-corrected chi connectivity index (χ0v) is 13.7. The molecule has 0 bridgehead atoms. The Kier molecular flexibility index (Phi) is 8.56. The highest BCUT2D eigenvalue weighted by molar-refractivity contribution is 5.78. The lowest BCUT2D eigenvalue weighted by molar-refractivity contribution is -0.119. The second-order valence-electron chi connectivity index (χ2n) is 5.80. The molecule has 0 aliphatic rings.